The van der Waals surface area contributed by atoms with Gasteiger partial charge in [0.05, 0.1) is 25.4 Å². The molecule has 0 aliphatic carbocycles. The molecule has 0 aromatic carbocycles. The summed E-state index contributed by atoms with van der Waals surface area (Å²) in [5, 5.41) is 23.0. The summed E-state index contributed by atoms with van der Waals surface area (Å²) in [6, 6.07) is -0.642. The molecule has 0 aliphatic heterocycles. The largest absolute Gasteiger partial charge is 0.466 e. The second-order valence-electron chi connectivity index (χ2n) is 16.5. The molecule has 320 valence electrons. The topological polar surface area (TPSA) is 95.9 Å². The molecule has 2 unspecified atom stereocenters. The Balaban J connectivity index is 3.51. The van der Waals surface area contributed by atoms with Gasteiger partial charge in [0.25, 0.3) is 0 Å². The van der Waals surface area contributed by atoms with E-state index in [0.717, 1.165) is 57.8 Å². The highest BCUT2D eigenvalue weighted by Gasteiger charge is 2.18. The van der Waals surface area contributed by atoms with Crippen LogP contribution in [0.15, 0.2) is 12.2 Å². The molecule has 0 aromatic rings. The summed E-state index contributed by atoms with van der Waals surface area (Å²) in [6.07, 6.45) is 49.1. The van der Waals surface area contributed by atoms with Gasteiger partial charge in [-0.2, -0.15) is 0 Å². The van der Waals surface area contributed by atoms with Crippen molar-refractivity contribution in [1.82, 2.24) is 5.32 Å². The van der Waals surface area contributed by atoms with Crippen molar-refractivity contribution < 1.29 is 24.5 Å². The van der Waals surface area contributed by atoms with Crippen molar-refractivity contribution >= 4 is 11.9 Å². The Hall–Kier alpha value is -1.40. The van der Waals surface area contributed by atoms with Crippen molar-refractivity contribution in [3.8, 4) is 0 Å². The third-order valence-corrected chi connectivity index (χ3v) is 11.1. The zero-order chi connectivity index (χ0) is 39.4. The first-order chi connectivity index (χ1) is 26.5. The maximum atomic E-state index is 12.4. The van der Waals surface area contributed by atoms with Crippen molar-refractivity contribution in [1.29, 1.82) is 0 Å². The Morgan fingerprint density at radius 3 is 1.26 bits per heavy atom. The molecule has 0 saturated carbocycles. The lowest BCUT2D eigenvalue weighted by Gasteiger charge is -2.20. The monoisotopic (exact) mass is 764 g/mol. The Morgan fingerprint density at radius 1 is 0.500 bits per heavy atom. The number of ether oxygens (including phenoxy) is 1. The molecule has 0 fully saturated rings. The molecule has 0 heterocycles. The molecule has 0 aliphatic rings. The minimum atomic E-state index is -0.856. The van der Waals surface area contributed by atoms with Crippen LogP contribution in [0, 0.1) is 0 Å². The van der Waals surface area contributed by atoms with E-state index >= 15 is 0 Å². The van der Waals surface area contributed by atoms with E-state index in [1.54, 1.807) is 6.08 Å². The molecule has 6 nitrogen and oxygen atoms in total. The van der Waals surface area contributed by atoms with E-state index in [1.807, 2.05) is 6.08 Å². The van der Waals surface area contributed by atoms with E-state index in [-0.39, 0.29) is 18.5 Å². The normalized spacial score (nSPS) is 12.7. The molecule has 0 bridgehead atoms. The molecule has 0 rings (SSSR count). The van der Waals surface area contributed by atoms with Crippen LogP contribution in [-0.4, -0.2) is 47.4 Å². The van der Waals surface area contributed by atoms with Gasteiger partial charge in [-0.25, -0.2) is 0 Å². The SMILES string of the molecule is CCCCCCCCCCCCCC/C=C/C(O)C(CO)NC(=O)CCCCCCCCCCCCOC(=O)CCCCCCCCCCCCCCC. The van der Waals surface area contributed by atoms with Crippen LogP contribution in [0.3, 0.4) is 0 Å². The Morgan fingerprint density at radius 2 is 0.852 bits per heavy atom. The molecule has 2 atom stereocenters. The molecule has 0 radical (unpaired) electrons. The second-order valence-corrected chi connectivity index (χ2v) is 16.5. The minimum Gasteiger partial charge on any atom is -0.466 e. The number of carbonyl (C=O) groups excluding carboxylic acids is 2. The Kier molecular flexibility index (Phi) is 43.2. The van der Waals surface area contributed by atoms with Crippen LogP contribution in [-0.2, 0) is 14.3 Å². The third kappa shape index (κ3) is 40.3. The maximum absolute atomic E-state index is 12.4. The first kappa shape index (κ1) is 52.6. The number of hydrogen-bond acceptors (Lipinski definition) is 5. The average molecular weight is 764 g/mol. The van der Waals surface area contributed by atoms with Gasteiger partial charge in [0.15, 0.2) is 0 Å². The van der Waals surface area contributed by atoms with Gasteiger partial charge in [-0.15, -0.1) is 0 Å². The molecule has 54 heavy (non-hydrogen) atoms. The molecular weight excluding hydrogens is 671 g/mol. The van der Waals surface area contributed by atoms with E-state index in [1.165, 1.54) is 173 Å². The predicted molar refractivity (Wildman–Crippen MR) is 232 cm³/mol. The lowest BCUT2D eigenvalue weighted by atomic mass is 10.0. The standard InChI is InChI=1S/C48H93NO5/c1-3-5-7-9-11-13-15-17-19-20-24-28-32-36-40-46(51)45(44-50)49-47(52)41-37-33-29-25-22-23-27-31-35-39-43-54-48(53)42-38-34-30-26-21-18-16-14-12-10-8-6-4-2/h36,40,45-46,50-51H,3-35,37-39,41-44H2,1-2H3,(H,49,52)/b40-36+. The Bertz CT molecular complexity index is 802. The number of unbranched alkanes of at least 4 members (excludes halogenated alkanes) is 33. The van der Waals surface area contributed by atoms with Gasteiger partial charge in [0.1, 0.15) is 0 Å². The highest BCUT2D eigenvalue weighted by atomic mass is 16.5. The molecular formula is C48H93NO5. The summed E-state index contributed by atoms with van der Waals surface area (Å²) in [7, 11) is 0. The quantitative estimate of drug-likeness (QED) is 0.0326. The fourth-order valence-corrected chi connectivity index (χ4v) is 7.34. The summed E-state index contributed by atoms with van der Waals surface area (Å²) in [5.41, 5.74) is 0. The average Bonchev–Trinajstić information content (AvgIpc) is 3.17. The van der Waals surface area contributed by atoms with Crippen molar-refractivity contribution in [2.45, 2.75) is 270 Å². The van der Waals surface area contributed by atoms with E-state index in [4.69, 9.17) is 4.74 Å². The fourth-order valence-electron chi connectivity index (χ4n) is 7.34. The maximum Gasteiger partial charge on any atom is 0.305 e. The van der Waals surface area contributed by atoms with Crippen molar-refractivity contribution in [3.63, 3.8) is 0 Å². The summed E-state index contributed by atoms with van der Waals surface area (Å²) in [6.45, 7) is 4.85. The van der Waals surface area contributed by atoms with Crippen LogP contribution in [0.4, 0.5) is 0 Å². The van der Waals surface area contributed by atoms with Crippen molar-refractivity contribution in [2.24, 2.45) is 0 Å². The summed E-state index contributed by atoms with van der Waals surface area (Å²) < 4.78 is 5.44. The van der Waals surface area contributed by atoms with E-state index in [2.05, 4.69) is 19.2 Å². The van der Waals surface area contributed by atoms with E-state index in [9.17, 15) is 19.8 Å². The first-order valence-electron chi connectivity index (χ1n) is 24.0. The first-order valence-corrected chi connectivity index (χ1v) is 24.0. The molecule has 0 saturated heterocycles. The number of carbonyl (C=O) groups is 2. The summed E-state index contributed by atoms with van der Waals surface area (Å²) in [5.74, 6) is -0.110. The van der Waals surface area contributed by atoms with Gasteiger partial charge in [0, 0.05) is 12.8 Å². The van der Waals surface area contributed by atoms with Gasteiger partial charge < -0.3 is 20.3 Å². The molecule has 0 aromatic heterocycles. The van der Waals surface area contributed by atoms with Gasteiger partial charge in [0.2, 0.25) is 5.91 Å². The molecule has 0 spiro atoms. The Labute approximate surface area is 336 Å². The molecule has 3 N–H and O–H groups in total. The van der Waals surface area contributed by atoms with Crippen LogP contribution in [0.5, 0.6) is 0 Å². The number of hydrogen-bond donors (Lipinski definition) is 3. The van der Waals surface area contributed by atoms with E-state index < -0.39 is 12.1 Å². The lowest BCUT2D eigenvalue weighted by molar-refractivity contribution is -0.143. The number of rotatable bonds is 44. The van der Waals surface area contributed by atoms with Crippen molar-refractivity contribution in [3.05, 3.63) is 12.2 Å². The van der Waals surface area contributed by atoms with Crippen molar-refractivity contribution in [2.75, 3.05) is 13.2 Å². The van der Waals surface area contributed by atoms with Gasteiger partial charge in [-0.3, -0.25) is 9.59 Å². The third-order valence-electron chi connectivity index (χ3n) is 11.1. The molecule has 6 heteroatoms. The highest BCUT2D eigenvalue weighted by Crippen LogP contribution is 2.16. The zero-order valence-corrected chi connectivity index (χ0v) is 36.2. The smallest absolute Gasteiger partial charge is 0.305 e. The lowest BCUT2D eigenvalue weighted by Crippen LogP contribution is -2.45. The number of allylic oxidation sites excluding steroid dienone is 1. The predicted octanol–water partition coefficient (Wildman–Crippen LogP) is 13.8. The summed E-state index contributed by atoms with van der Waals surface area (Å²) >= 11 is 0. The number of amides is 1. The van der Waals surface area contributed by atoms with Gasteiger partial charge >= 0.3 is 5.97 Å². The highest BCUT2D eigenvalue weighted by molar-refractivity contribution is 5.76. The second kappa shape index (κ2) is 44.3. The minimum absolute atomic E-state index is 0.0195. The van der Waals surface area contributed by atoms with Crippen LogP contribution >= 0.6 is 0 Å². The van der Waals surface area contributed by atoms with Gasteiger partial charge in [-0.1, -0.05) is 225 Å². The molecule has 1 amide bonds. The number of nitrogens with one attached hydrogen (secondary N) is 1. The fraction of sp³-hybridized carbons (Fsp3) is 0.917. The van der Waals surface area contributed by atoms with Crippen LogP contribution in [0.25, 0.3) is 0 Å². The van der Waals surface area contributed by atoms with Crippen LogP contribution < -0.4 is 5.32 Å². The summed E-state index contributed by atoms with van der Waals surface area (Å²) in [4.78, 5) is 24.4. The number of esters is 1. The van der Waals surface area contributed by atoms with Crippen LogP contribution in [0.2, 0.25) is 0 Å². The van der Waals surface area contributed by atoms with Crippen LogP contribution in [0.1, 0.15) is 258 Å². The number of aliphatic hydroxyl groups excluding tert-OH is 2. The number of aliphatic hydroxyl groups is 2. The zero-order valence-electron chi connectivity index (χ0n) is 36.2. The van der Waals surface area contributed by atoms with E-state index in [0.29, 0.717) is 19.4 Å². The van der Waals surface area contributed by atoms with Gasteiger partial charge in [-0.05, 0) is 32.1 Å².